The SMILES string of the molecule is O=C1CC2(CCCCC2)CC2(CCCCN2)C1. The average molecular weight is 235 g/mol. The third-order valence-corrected chi connectivity index (χ3v) is 5.32. The van der Waals surface area contributed by atoms with Gasteiger partial charge in [0.1, 0.15) is 5.78 Å². The smallest absolute Gasteiger partial charge is 0.135 e. The number of carbonyl (C=O) groups excluding carboxylic acids is 1. The van der Waals surface area contributed by atoms with Gasteiger partial charge < -0.3 is 5.32 Å². The Morgan fingerprint density at radius 2 is 1.65 bits per heavy atom. The van der Waals surface area contributed by atoms with Gasteiger partial charge in [-0.25, -0.2) is 0 Å². The molecule has 1 aliphatic heterocycles. The topological polar surface area (TPSA) is 29.1 Å². The monoisotopic (exact) mass is 235 g/mol. The molecule has 17 heavy (non-hydrogen) atoms. The van der Waals surface area contributed by atoms with Crippen LogP contribution in [-0.4, -0.2) is 17.9 Å². The second kappa shape index (κ2) is 4.38. The van der Waals surface area contributed by atoms with Gasteiger partial charge in [-0.1, -0.05) is 25.7 Å². The number of nitrogens with one attached hydrogen (secondary N) is 1. The molecule has 1 N–H and O–H groups in total. The summed E-state index contributed by atoms with van der Waals surface area (Å²) < 4.78 is 0. The quantitative estimate of drug-likeness (QED) is 0.698. The van der Waals surface area contributed by atoms with Gasteiger partial charge in [-0.15, -0.1) is 0 Å². The van der Waals surface area contributed by atoms with Gasteiger partial charge in [0.05, 0.1) is 0 Å². The van der Waals surface area contributed by atoms with Crippen molar-refractivity contribution in [1.29, 1.82) is 0 Å². The van der Waals surface area contributed by atoms with Gasteiger partial charge in [0.25, 0.3) is 0 Å². The van der Waals surface area contributed by atoms with E-state index in [1.807, 2.05) is 0 Å². The highest BCUT2D eigenvalue weighted by atomic mass is 16.1. The molecular weight excluding hydrogens is 210 g/mol. The molecule has 0 radical (unpaired) electrons. The lowest BCUT2D eigenvalue weighted by Crippen LogP contribution is -2.56. The van der Waals surface area contributed by atoms with E-state index in [-0.39, 0.29) is 5.54 Å². The maximum atomic E-state index is 12.2. The van der Waals surface area contributed by atoms with Crippen molar-refractivity contribution in [1.82, 2.24) is 5.32 Å². The van der Waals surface area contributed by atoms with Crippen LogP contribution in [0.3, 0.4) is 0 Å². The van der Waals surface area contributed by atoms with Gasteiger partial charge in [0.15, 0.2) is 0 Å². The van der Waals surface area contributed by atoms with Crippen molar-refractivity contribution < 1.29 is 4.79 Å². The number of Topliss-reactive ketones (excluding diaryl/α,β-unsaturated/α-hetero) is 1. The predicted molar refractivity (Wildman–Crippen MR) is 69.0 cm³/mol. The molecule has 3 fully saturated rings. The molecule has 2 aliphatic carbocycles. The fourth-order valence-electron chi connectivity index (χ4n) is 4.69. The van der Waals surface area contributed by atoms with Crippen LogP contribution < -0.4 is 5.32 Å². The summed E-state index contributed by atoms with van der Waals surface area (Å²) in [6.07, 6.45) is 13.5. The molecule has 3 rings (SSSR count). The van der Waals surface area contributed by atoms with Crippen molar-refractivity contribution in [2.24, 2.45) is 5.41 Å². The molecule has 2 heteroatoms. The summed E-state index contributed by atoms with van der Waals surface area (Å²) >= 11 is 0. The zero-order valence-corrected chi connectivity index (χ0v) is 10.9. The molecule has 0 aromatic heterocycles. The molecule has 1 unspecified atom stereocenters. The van der Waals surface area contributed by atoms with Crippen molar-refractivity contribution in [3.8, 4) is 0 Å². The van der Waals surface area contributed by atoms with Gasteiger partial charge in [-0.2, -0.15) is 0 Å². The first-order chi connectivity index (χ1) is 8.22. The fourth-order valence-corrected chi connectivity index (χ4v) is 4.69. The molecule has 3 aliphatic rings. The van der Waals surface area contributed by atoms with Crippen LogP contribution in [-0.2, 0) is 4.79 Å². The molecule has 0 aromatic rings. The summed E-state index contributed by atoms with van der Waals surface area (Å²) in [6, 6.07) is 0. The third-order valence-electron chi connectivity index (χ3n) is 5.32. The van der Waals surface area contributed by atoms with Crippen LogP contribution in [0.1, 0.15) is 70.6 Å². The van der Waals surface area contributed by atoms with E-state index in [1.165, 1.54) is 57.8 Å². The Hall–Kier alpha value is -0.370. The summed E-state index contributed by atoms with van der Waals surface area (Å²) in [5.41, 5.74) is 0.586. The number of hydrogen-bond donors (Lipinski definition) is 1. The molecule has 96 valence electrons. The van der Waals surface area contributed by atoms with Crippen molar-refractivity contribution >= 4 is 5.78 Å². The lowest BCUT2D eigenvalue weighted by molar-refractivity contribution is -0.129. The number of ketones is 1. The molecule has 1 atom stereocenters. The molecule has 2 saturated carbocycles. The second-order valence-corrected chi connectivity index (χ2v) is 6.79. The summed E-state index contributed by atoms with van der Waals surface area (Å²) in [5, 5.41) is 3.72. The van der Waals surface area contributed by atoms with E-state index in [0.29, 0.717) is 11.2 Å². The maximum absolute atomic E-state index is 12.2. The van der Waals surface area contributed by atoms with Crippen molar-refractivity contribution in [2.75, 3.05) is 6.54 Å². The highest BCUT2D eigenvalue weighted by Gasteiger charge is 2.48. The third kappa shape index (κ3) is 2.29. The standard InChI is InChI=1S/C15H25NO/c17-13-10-14(6-2-1-3-7-14)12-15(11-13)8-4-5-9-16-15/h16H,1-12H2. The number of carbonyl (C=O) groups is 1. The van der Waals surface area contributed by atoms with E-state index < -0.39 is 0 Å². The average Bonchev–Trinajstić information content (AvgIpc) is 2.29. The minimum absolute atomic E-state index is 0.199. The van der Waals surface area contributed by atoms with Gasteiger partial charge in [0.2, 0.25) is 0 Å². The zero-order chi connectivity index (χ0) is 11.8. The van der Waals surface area contributed by atoms with Crippen molar-refractivity contribution in [2.45, 2.75) is 76.2 Å². The van der Waals surface area contributed by atoms with E-state index in [0.717, 1.165) is 19.4 Å². The normalized spacial score (nSPS) is 37.5. The Morgan fingerprint density at radius 1 is 0.882 bits per heavy atom. The largest absolute Gasteiger partial charge is 0.311 e. The highest BCUT2D eigenvalue weighted by Crippen LogP contribution is 2.51. The zero-order valence-electron chi connectivity index (χ0n) is 10.9. The van der Waals surface area contributed by atoms with Crippen LogP contribution in [0.2, 0.25) is 0 Å². The number of rotatable bonds is 0. The van der Waals surface area contributed by atoms with Gasteiger partial charge in [0, 0.05) is 18.4 Å². The molecule has 0 amide bonds. The fraction of sp³-hybridized carbons (Fsp3) is 0.933. The van der Waals surface area contributed by atoms with E-state index in [1.54, 1.807) is 0 Å². The van der Waals surface area contributed by atoms with Crippen LogP contribution in [0.25, 0.3) is 0 Å². The molecule has 2 nitrogen and oxygen atoms in total. The molecule has 0 bridgehead atoms. The second-order valence-electron chi connectivity index (χ2n) is 6.79. The lowest BCUT2D eigenvalue weighted by atomic mass is 9.58. The minimum Gasteiger partial charge on any atom is -0.311 e. The maximum Gasteiger partial charge on any atom is 0.135 e. The van der Waals surface area contributed by atoms with E-state index in [9.17, 15) is 4.79 Å². The van der Waals surface area contributed by atoms with Crippen molar-refractivity contribution in [3.63, 3.8) is 0 Å². The molecule has 1 heterocycles. The Balaban J connectivity index is 1.80. The van der Waals surface area contributed by atoms with Gasteiger partial charge in [-0.3, -0.25) is 4.79 Å². The molecular formula is C15H25NO. The lowest BCUT2D eigenvalue weighted by Gasteiger charge is -2.51. The Morgan fingerprint density at radius 3 is 2.35 bits per heavy atom. The molecule has 2 spiro atoms. The predicted octanol–water partition coefficient (Wildman–Crippen LogP) is 3.20. The number of hydrogen-bond acceptors (Lipinski definition) is 2. The number of piperidine rings is 1. The van der Waals surface area contributed by atoms with Gasteiger partial charge >= 0.3 is 0 Å². The van der Waals surface area contributed by atoms with Crippen LogP contribution >= 0.6 is 0 Å². The molecule has 0 aromatic carbocycles. The molecule has 1 saturated heterocycles. The van der Waals surface area contributed by atoms with Crippen LogP contribution in [0.15, 0.2) is 0 Å². The van der Waals surface area contributed by atoms with E-state index in [2.05, 4.69) is 5.32 Å². The highest BCUT2D eigenvalue weighted by molar-refractivity contribution is 5.81. The first kappa shape index (κ1) is 11.7. The Kier molecular flexibility index (Phi) is 3.02. The van der Waals surface area contributed by atoms with Crippen LogP contribution in [0.5, 0.6) is 0 Å². The first-order valence-electron chi connectivity index (χ1n) is 7.49. The van der Waals surface area contributed by atoms with Crippen molar-refractivity contribution in [3.05, 3.63) is 0 Å². The van der Waals surface area contributed by atoms with E-state index in [4.69, 9.17) is 0 Å². The van der Waals surface area contributed by atoms with Crippen LogP contribution in [0.4, 0.5) is 0 Å². The summed E-state index contributed by atoms with van der Waals surface area (Å²) in [5.74, 6) is 0.535. The minimum atomic E-state index is 0.199. The Labute approximate surface area is 105 Å². The summed E-state index contributed by atoms with van der Waals surface area (Å²) in [7, 11) is 0. The van der Waals surface area contributed by atoms with Gasteiger partial charge in [-0.05, 0) is 44.1 Å². The van der Waals surface area contributed by atoms with E-state index >= 15 is 0 Å². The summed E-state index contributed by atoms with van der Waals surface area (Å²) in [6.45, 7) is 1.13. The summed E-state index contributed by atoms with van der Waals surface area (Å²) in [4.78, 5) is 12.2. The first-order valence-corrected chi connectivity index (χ1v) is 7.49. The van der Waals surface area contributed by atoms with Crippen LogP contribution in [0, 0.1) is 5.41 Å². The Bertz CT molecular complexity index is 270.